The number of benzene rings is 11. The average molecular weight is 994 g/mol. The molecular formula is C68H43N5O4. The second kappa shape index (κ2) is 18.1. The number of carbonyl (C=O) groups is 4. The van der Waals surface area contributed by atoms with Crippen molar-refractivity contribution in [3.8, 4) is 16.8 Å². The van der Waals surface area contributed by atoms with Crippen LogP contribution >= 0.6 is 0 Å². The highest BCUT2D eigenvalue weighted by Gasteiger charge is 2.42. The van der Waals surface area contributed by atoms with Gasteiger partial charge >= 0.3 is 0 Å². The maximum atomic E-state index is 15.2. The lowest BCUT2D eigenvalue weighted by atomic mass is 9.81. The second-order valence-corrected chi connectivity index (χ2v) is 19.1. The van der Waals surface area contributed by atoms with Crippen LogP contribution in [0.5, 0.6) is 0 Å². The van der Waals surface area contributed by atoms with E-state index in [0.717, 1.165) is 61.6 Å². The lowest BCUT2D eigenvalue weighted by Gasteiger charge is -2.33. The minimum Gasteiger partial charge on any atom is -0.310 e. The van der Waals surface area contributed by atoms with Crippen molar-refractivity contribution in [3.05, 3.63) is 283 Å². The molecule has 11 aromatic carbocycles. The van der Waals surface area contributed by atoms with Crippen LogP contribution in [0.3, 0.4) is 0 Å². The summed E-state index contributed by atoms with van der Waals surface area (Å²) in [7, 11) is 0. The quantitative estimate of drug-likeness (QED) is 0.127. The van der Waals surface area contributed by atoms with Crippen LogP contribution in [0.4, 0.5) is 45.5 Å². The first-order chi connectivity index (χ1) is 37.9. The molecule has 3 heterocycles. The normalized spacial score (nSPS) is 13.0. The van der Waals surface area contributed by atoms with E-state index in [0.29, 0.717) is 33.3 Å². The Balaban J connectivity index is 0.972. The van der Waals surface area contributed by atoms with Gasteiger partial charge in [0.15, 0.2) is 0 Å². The first-order valence-electron chi connectivity index (χ1n) is 25.4. The largest absolute Gasteiger partial charge is 0.310 e. The summed E-state index contributed by atoms with van der Waals surface area (Å²) in [4.78, 5) is 65.8. The smallest absolute Gasteiger partial charge is 0.266 e. The highest BCUT2D eigenvalue weighted by atomic mass is 16.2. The summed E-state index contributed by atoms with van der Waals surface area (Å²) < 4.78 is 2.26. The van der Waals surface area contributed by atoms with Crippen molar-refractivity contribution >= 4 is 102 Å². The molecule has 4 amide bonds. The zero-order valence-electron chi connectivity index (χ0n) is 41.2. The van der Waals surface area contributed by atoms with Gasteiger partial charge in [-0.1, -0.05) is 121 Å². The van der Waals surface area contributed by atoms with Gasteiger partial charge in [-0.05, 0) is 151 Å². The number of rotatable bonds is 10. The van der Waals surface area contributed by atoms with E-state index in [9.17, 15) is 14.4 Å². The maximum absolute atomic E-state index is 15.2. The number of amides is 4. The Morgan fingerprint density at radius 2 is 0.649 bits per heavy atom. The number of hydrogen-bond acceptors (Lipinski definition) is 6. The SMILES string of the molecule is O=C1c2ccc3c4c(c(-c5ccc(-n6c7ccc(N(c8ccccc8)c8ccccc8)cc7c7cc(N(c8ccccc8)c8ccccc8)ccc76)cc5)cc(c24)C(=O)N1c1ccccc1)C(=O)N(c1ccccc1)C3=O. The number of carbonyl (C=O) groups excluding carboxylic acids is 4. The van der Waals surface area contributed by atoms with Crippen molar-refractivity contribution in [2.45, 2.75) is 0 Å². The summed E-state index contributed by atoms with van der Waals surface area (Å²) in [6, 6.07) is 85.3. The van der Waals surface area contributed by atoms with E-state index < -0.39 is 23.6 Å². The van der Waals surface area contributed by atoms with E-state index in [1.807, 2.05) is 60.7 Å². The van der Waals surface area contributed by atoms with Crippen LogP contribution in [0.15, 0.2) is 261 Å². The van der Waals surface area contributed by atoms with E-state index in [1.165, 1.54) is 9.80 Å². The van der Waals surface area contributed by atoms with Gasteiger partial charge in [0.05, 0.1) is 28.0 Å². The van der Waals surface area contributed by atoms with Gasteiger partial charge in [0, 0.05) is 78.0 Å². The predicted molar refractivity (Wildman–Crippen MR) is 308 cm³/mol. The van der Waals surface area contributed by atoms with Crippen LogP contribution in [0.1, 0.15) is 41.4 Å². The Kier molecular flexibility index (Phi) is 10.6. The molecule has 0 radical (unpaired) electrons. The Morgan fingerprint density at radius 1 is 0.273 bits per heavy atom. The van der Waals surface area contributed by atoms with Crippen LogP contribution in [0, 0.1) is 0 Å². The van der Waals surface area contributed by atoms with Crippen molar-refractivity contribution in [3.63, 3.8) is 0 Å². The average Bonchev–Trinajstić information content (AvgIpc) is 3.82. The van der Waals surface area contributed by atoms with Crippen LogP contribution in [0.25, 0.3) is 49.4 Å². The molecule has 2 aliphatic heterocycles. The molecule has 77 heavy (non-hydrogen) atoms. The zero-order valence-corrected chi connectivity index (χ0v) is 41.2. The van der Waals surface area contributed by atoms with Crippen molar-refractivity contribution in [2.75, 3.05) is 19.6 Å². The van der Waals surface area contributed by atoms with Crippen molar-refractivity contribution in [1.29, 1.82) is 0 Å². The Morgan fingerprint density at radius 3 is 1.08 bits per heavy atom. The standard InChI is InChI=1S/C68H43N5O4/c74-65-54-37-38-55-63-62(54)59(67(76)72(65)49-27-15-5-16-28-49)43-56(64(63)68(77)73(66(55)75)50-29-17-6-18-30-50)44-31-33-51(34-32-44)71-60-39-35-52(69(45-19-7-1-8-20-45)46-21-9-2-10-22-46)41-57(60)58-42-53(36-40-61(58)71)70(47-23-11-3-12-24-47)48-25-13-4-14-26-48/h1-43H. The van der Waals surface area contributed by atoms with Gasteiger partial charge in [-0.25, -0.2) is 9.80 Å². The molecule has 0 saturated carbocycles. The molecular weight excluding hydrogens is 951 g/mol. The summed E-state index contributed by atoms with van der Waals surface area (Å²) >= 11 is 0. The highest BCUT2D eigenvalue weighted by Crippen LogP contribution is 2.46. The van der Waals surface area contributed by atoms with Gasteiger partial charge in [0.1, 0.15) is 0 Å². The fourth-order valence-electron chi connectivity index (χ4n) is 11.4. The van der Waals surface area contributed by atoms with Crippen LogP contribution in [0.2, 0.25) is 0 Å². The van der Waals surface area contributed by atoms with Crippen LogP contribution in [-0.2, 0) is 0 Å². The lowest BCUT2D eigenvalue weighted by molar-refractivity contribution is 0.0873. The molecule has 1 aromatic heterocycles. The first kappa shape index (κ1) is 45.0. The van der Waals surface area contributed by atoms with Crippen LogP contribution < -0.4 is 19.6 Å². The minimum atomic E-state index is -0.545. The molecule has 0 bridgehead atoms. The Hall–Kier alpha value is -10.6. The van der Waals surface area contributed by atoms with E-state index in [-0.39, 0.29) is 22.3 Å². The molecule has 364 valence electrons. The number of imide groups is 2. The lowest BCUT2D eigenvalue weighted by Crippen LogP contribution is -2.43. The number of nitrogens with zero attached hydrogens (tertiary/aromatic N) is 5. The predicted octanol–water partition coefficient (Wildman–Crippen LogP) is 16.1. The van der Waals surface area contributed by atoms with Gasteiger partial charge in [-0.15, -0.1) is 0 Å². The van der Waals surface area contributed by atoms with Crippen molar-refractivity contribution < 1.29 is 19.2 Å². The highest BCUT2D eigenvalue weighted by molar-refractivity contribution is 6.43. The number of anilines is 8. The number of para-hydroxylation sites is 6. The van der Waals surface area contributed by atoms with Gasteiger partial charge in [-0.2, -0.15) is 0 Å². The van der Waals surface area contributed by atoms with Gasteiger partial charge in [0.2, 0.25) is 0 Å². The zero-order chi connectivity index (χ0) is 51.7. The Labute approximate surface area is 442 Å². The van der Waals surface area contributed by atoms with E-state index in [4.69, 9.17) is 0 Å². The van der Waals surface area contributed by atoms with Gasteiger partial charge in [0.25, 0.3) is 23.6 Å². The van der Waals surface area contributed by atoms with Gasteiger partial charge < -0.3 is 14.4 Å². The molecule has 2 aliphatic rings. The minimum absolute atomic E-state index is 0.228. The summed E-state index contributed by atoms with van der Waals surface area (Å²) in [5.41, 5.74) is 11.8. The third-order valence-electron chi connectivity index (χ3n) is 14.8. The molecule has 12 aromatic rings. The molecule has 0 N–H and O–H groups in total. The molecule has 0 atom stereocenters. The monoisotopic (exact) mass is 993 g/mol. The Bertz CT molecular complexity index is 4120. The molecule has 0 aliphatic carbocycles. The first-order valence-corrected chi connectivity index (χ1v) is 25.4. The molecule has 14 rings (SSSR count). The third kappa shape index (κ3) is 7.24. The number of hydrogen-bond donors (Lipinski definition) is 0. The molecule has 9 heteroatoms. The van der Waals surface area contributed by atoms with E-state index >= 15 is 4.79 Å². The van der Waals surface area contributed by atoms with E-state index in [1.54, 1.807) is 66.7 Å². The summed E-state index contributed by atoms with van der Waals surface area (Å²) in [5, 5.41) is 2.67. The van der Waals surface area contributed by atoms with Crippen molar-refractivity contribution in [1.82, 2.24) is 4.57 Å². The number of fused-ring (bicyclic) bond motifs is 3. The van der Waals surface area contributed by atoms with Gasteiger partial charge in [-0.3, -0.25) is 19.2 Å². The fourth-order valence-corrected chi connectivity index (χ4v) is 11.4. The molecule has 0 unspecified atom stereocenters. The van der Waals surface area contributed by atoms with Crippen molar-refractivity contribution in [2.24, 2.45) is 0 Å². The molecule has 9 nitrogen and oxygen atoms in total. The summed E-state index contributed by atoms with van der Waals surface area (Å²) in [5.74, 6) is -2.15. The topological polar surface area (TPSA) is 86.2 Å². The number of aromatic nitrogens is 1. The molecule has 0 spiro atoms. The van der Waals surface area contributed by atoms with E-state index in [2.05, 4.69) is 148 Å². The van der Waals surface area contributed by atoms with Crippen LogP contribution in [-0.4, -0.2) is 28.2 Å². The molecule has 0 fully saturated rings. The third-order valence-corrected chi connectivity index (χ3v) is 14.8. The fraction of sp³-hybridized carbons (Fsp3) is 0. The summed E-state index contributed by atoms with van der Waals surface area (Å²) in [6.45, 7) is 0. The maximum Gasteiger partial charge on any atom is 0.266 e. The summed E-state index contributed by atoms with van der Waals surface area (Å²) in [6.07, 6.45) is 0. The second-order valence-electron chi connectivity index (χ2n) is 19.1. The molecule has 0 saturated heterocycles.